The Morgan fingerprint density at radius 2 is 1.53 bits per heavy atom. The zero-order valence-corrected chi connectivity index (χ0v) is 10.7. The lowest BCUT2D eigenvalue weighted by Gasteiger charge is -2.11. The fourth-order valence-electron chi connectivity index (χ4n) is 1.56. The molecule has 0 aromatic rings. The normalized spacial score (nSPS) is 10.3. The van der Waals surface area contributed by atoms with Gasteiger partial charge in [0.2, 0.25) is 0 Å². The molecule has 100 valence electrons. The molecule has 0 spiro atoms. The van der Waals surface area contributed by atoms with Crippen molar-refractivity contribution in [1.29, 1.82) is 0 Å². The van der Waals surface area contributed by atoms with Gasteiger partial charge in [0.05, 0.1) is 6.54 Å². The van der Waals surface area contributed by atoms with Crippen LogP contribution in [-0.4, -0.2) is 28.6 Å². The van der Waals surface area contributed by atoms with Crippen LogP contribution in [0.3, 0.4) is 0 Å². The molecule has 0 radical (unpaired) electrons. The van der Waals surface area contributed by atoms with E-state index in [2.05, 4.69) is 6.92 Å². The molecule has 0 aromatic carbocycles. The fraction of sp³-hybridized carbons (Fsp3) is 0.833. The molecule has 0 heterocycles. The second-order valence-electron chi connectivity index (χ2n) is 4.17. The van der Waals surface area contributed by atoms with E-state index >= 15 is 0 Å². The fourth-order valence-corrected chi connectivity index (χ4v) is 1.56. The van der Waals surface area contributed by atoms with Crippen LogP contribution in [0.1, 0.15) is 58.3 Å². The molecule has 0 fully saturated rings. The Morgan fingerprint density at radius 1 is 1.00 bits per heavy atom. The van der Waals surface area contributed by atoms with Gasteiger partial charge in [-0.15, -0.1) is 0 Å². The Morgan fingerprint density at radius 3 is 2.06 bits per heavy atom. The standard InChI is InChI=1S/C12H24N2O3/c1-2-3-4-5-6-7-8-9-11(15)14(17)12(16)10-13/h17H,2-10,13H2,1H3. The van der Waals surface area contributed by atoms with Crippen LogP contribution in [0, 0.1) is 0 Å². The predicted molar refractivity (Wildman–Crippen MR) is 65.3 cm³/mol. The molecule has 0 aliphatic rings. The van der Waals surface area contributed by atoms with Gasteiger partial charge in [0.15, 0.2) is 0 Å². The van der Waals surface area contributed by atoms with Crippen molar-refractivity contribution in [1.82, 2.24) is 5.06 Å². The van der Waals surface area contributed by atoms with Gasteiger partial charge in [0.1, 0.15) is 0 Å². The van der Waals surface area contributed by atoms with Gasteiger partial charge in [-0.1, -0.05) is 45.4 Å². The van der Waals surface area contributed by atoms with Gasteiger partial charge in [0, 0.05) is 6.42 Å². The number of unbranched alkanes of at least 4 members (excludes halogenated alkanes) is 6. The summed E-state index contributed by atoms with van der Waals surface area (Å²) in [6.45, 7) is 1.82. The minimum absolute atomic E-state index is 0.136. The van der Waals surface area contributed by atoms with Crippen LogP contribution in [0.4, 0.5) is 0 Å². The number of hydrogen-bond donors (Lipinski definition) is 2. The monoisotopic (exact) mass is 244 g/mol. The molecule has 0 saturated carbocycles. The van der Waals surface area contributed by atoms with Crippen LogP contribution in [-0.2, 0) is 9.59 Å². The molecule has 3 N–H and O–H groups in total. The third-order valence-electron chi connectivity index (χ3n) is 2.64. The van der Waals surface area contributed by atoms with Crippen molar-refractivity contribution in [3.8, 4) is 0 Å². The van der Waals surface area contributed by atoms with Crippen molar-refractivity contribution in [2.24, 2.45) is 5.73 Å². The third-order valence-corrected chi connectivity index (χ3v) is 2.64. The van der Waals surface area contributed by atoms with Crippen LogP contribution in [0.15, 0.2) is 0 Å². The number of amides is 2. The van der Waals surface area contributed by atoms with Crippen molar-refractivity contribution in [3.63, 3.8) is 0 Å². The number of hydroxylamine groups is 2. The summed E-state index contributed by atoms with van der Waals surface area (Å²) < 4.78 is 0. The highest BCUT2D eigenvalue weighted by molar-refractivity contribution is 5.94. The van der Waals surface area contributed by atoms with Gasteiger partial charge in [-0.2, -0.15) is 5.06 Å². The quantitative estimate of drug-likeness (QED) is 0.368. The first kappa shape index (κ1) is 16.1. The molecule has 0 rings (SSSR count). The summed E-state index contributed by atoms with van der Waals surface area (Å²) in [5.41, 5.74) is 5.03. The molecule has 2 amide bonds. The average molecular weight is 244 g/mol. The molecule has 0 aliphatic heterocycles. The highest BCUT2D eigenvalue weighted by atomic mass is 16.5. The minimum Gasteiger partial charge on any atom is -0.322 e. The van der Waals surface area contributed by atoms with Crippen LogP contribution in [0.25, 0.3) is 0 Å². The Balaban J connectivity index is 3.48. The van der Waals surface area contributed by atoms with Crippen LogP contribution in [0.2, 0.25) is 0 Å². The lowest BCUT2D eigenvalue weighted by atomic mass is 10.1. The highest BCUT2D eigenvalue weighted by Gasteiger charge is 2.16. The van der Waals surface area contributed by atoms with Gasteiger partial charge in [-0.3, -0.25) is 14.8 Å². The van der Waals surface area contributed by atoms with Crippen molar-refractivity contribution < 1.29 is 14.8 Å². The summed E-state index contributed by atoms with van der Waals surface area (Å²) in [7, 11) is 0. The summed E-state index contributed by atoms with van der Waals surface area (Å²) >= 11 is 0. The summed E-state index contributed by atoms with van der Waals surface area (Å²) in [4.78, 5) is 22.2. The molecule has 0 atom stereocenters. The molecule has 0 aliphatic carbocycles. The van der Waals surface area contributed by atoms with Crippen LogP contribution >= 0.6 is 0 Å². The van der Waals surface area contributed by atoms with Crippen molar-refractivity contribution in [3.05, 3.63) is 0 Å². The molecule has 5 heteroatoms. The van der Waals surface area contributed by atoms with Crippen molar-refractivity contribution in [2.75, 3.05) is 6.54 Å². The Hall–Kier alpha value is -0.940. The lowest BCUT2D eigenvalue weighted by molar-refractivity contribution is -0.178. The maximum atomic E-state index is 11.3. The minimum atomic E-state index is -0.752. The topological polar surface area (TPSA) is 83.6 Å². The Kier molecular flexibility index (Phi) is 9.66. The molecular weight excluding hydrogens is 220 g/mol. The van der Waals surface area contributed by atoms with Gasteiger partial charge < -0.3 is 5.73 Å². The maximum Gasteiger partial charge on any atom is 0.266 e. The number of rotatable bonds is 9. The molecule has 0 aromatic heterocycles. The molecule has 17 heavy (non-hydrogen) atoms. The number of carbonyl (C=O) groups excluding carboxylic acids is 2. The highest BCUT2D eigenvalue weighted by Crippen LogP contribution is 2.09. The van der Waals surface area contributed by atoms with E-state index in [0.717, 1.165) is 12.8 Å². The first-order valence-electron chi connectivity index (χ1n) is 6.38. The van der Waals surface area contributed by atoms with Gasteiger partial charge in [0.25, 0.3) is 11.8 Å². The van der Waals surface area contributed by atoms with E-state index in [1.165, 1.54) is 25.7 Å². The second-order valence-corrected chi connectivity index (χ2v) is 4.17. The zero-order chi connectivity index (χ0) is 13.1. The number of nitrogens with two attached hydrogens (primary N) is 1. The zero-order valence-electron chi connectivity index (χ0n) is 10.7. The van der Waals surface area contributed by atoms with E-state index in [0.29, 0.717) is 6.42 Å². The lowest BCUT2D eigenvalue weighted by Crippen LogP contribution is -2.37. The summed E-state index contributed by atoms with van der Waals surface area (Å²) in [5, 5.41) is 9.25. The van der Waals surface area contributed by atoms with Crippen molar-refractivity contribution >= 4 is 11.8 Å². The van der Waals surface area contributed by atoms with E-state index in [-0.39, 0.29) is 18.0 Å². The van der Waals surface area contributed by atoms with Crippen molar-refractivity contribution in [2.45, 2.75) is 58.3 Å². The van der Waals surface area contributed by atoms with Gasteiger partial charge >= 0.3 is 0 Å². The number of hydrogen-bond acceptors (Lipinski definition) is 4. The van der Waals surface area contributed by atoms with E-state index in [4.69, 9.17) is 10.9 Å². The van der Waals surface area contributed by atoms with E-state index in [9.17, 15) is 9.59 Å². The number of carbonyl (C=O) groups is 2. The van der Waals surface area contributed by atoms with E-state index in [1.807, 2.05) is 0 Å². The predicted octanol–water partition coefficient (Wildman–Crippen LogP) is 1.83. The van der Waals surface area contributed by atoms with E-state index in [1.54, 1.807) is 0 Å². The number of imide groups is 1. The molecule has 0 unspecified atom stereocenters. The first-order chi connectivity index (χ1) is 8.13. The Bertz CT molecular complexity index is 232. The first-order valence-corrected chi connectivity index (χ1v) is 6.38. The second kappa shape index (κ2) is 10.2. The van der Waals surface area contributed by atoms with Crippen LogP contribution < -0.4 is 5.73 Å². The smallest absolute Gasteiger partial charge is 0.266 e. The summed E-state index contributed by atoms with van der Waals surface area (Å²) in [6, 6.07) is 0. The molecule has 0 bridgehead atoms. The molecular formula is C12H24N2O3. The average Bonchev–Trinajstić information content (AvgIpc) is 2.35. The van der Waals surface area contributed by atoms with Gasteiger partial charge in [-0.25, -0.2) is 0 Å². The summed E-state index contributed by atoms with van der Waals surface area (Å²) in [5.74, 6) is -1.31. The van der Waals surface area contributed by atoms with Crippen LogP contribution in [0.5, 0.6) is 0 Å². The number of nitrogens with zero attached hydrogens (tertiary/aromatic N) is 1. The summed E-state index contributed by atoms with van der Waals surface area (Å²) in [6.07, 6.45) is 7.88. The van der Waals surface area contributed by atoms with Gasteiger partial charge in [-0.05, 0) is 6.42 Å². The molecule has 0 saturated heterocycles. The molecule has 5 nitrogen and oxygen atoms in total. The largest absolute Gasteiger partial charge is 0.322 e. The van der Waals surface area contributed by atoms with E-state index < -0.39 is 11.8 Å². The SMILES string of the molecule is CCCCCCCCCC(=O)N(O)C(=O)CN. The third kappa shape index (κ3) is 7.88. The maximum absolute atomic E-state index is 11.3. The Labute approximate surface area is 103 Å².